The van der Waals surface area contributed by atoms with Crippen molar-refractivity contribution in [2.75, 3.05) is 42.3 Å². The molecule has 0 spiro atoms. The minimum absolute atomic E-state index is 0.0423. The molecule has 1 aromatic rings. The van der Waals surface area contributed by atoms with E-state index in [0.29, 0.717) is 37.0 Å². The number of carbonyl (C=O) groups is 1. The van der Waals surface area contributed by atoms with Gasteiger partial charge in [0.25, 0.3) is 0 Å². The Morgan fingerprint density at radius 1 is 1.14 bits per heavy atom. The number of rotatable bonds is 5. The Hall–Kier alpha value is -1.74. The number of ether oxygens (including phenoxy) is 2. The second-order valence-electron chi connectivity index (χ2n) is 8.42. The number of hydrogen-bond donors (Lipinski definition) is 1. The second-order valence-corrected chi connectivity index (χ2v) is 9.93. The smallest absolute Gasteiger partial charge is 0.309 e. The number of hydrogen-bond acceptors (Lipinski definition) is 8. The van der Waals surface area contributed by atoms with Gasteiger partial charge in [0.05, 0.1) is 35.5 Å². The lowest BCUT2D eigenvalue weighted by molar-refractivity contribution is -0.155. The zero-order valence-electron chi connectivity index (χ0n) is 16.6. The van der Waals surface area contributed by atoms with Gasteiger partial charge < -0.3 is 19.7 Å². The van der Waals surface area contributed by atoms with Gasteiger partial charge >= 0.3 is 5.97 Å². The fourth-order valence-corrected chi connectivity index (χ4v) is 5.87. The van der Waals surface area contributed by atoms with Gasteiger partial charge in [-0.15, -0.1) is 0 Å². The van der Waals surface area contributed by atoms with Crippen molar-refractivity contribution < 1.29 is 18.5 Å². The summed E-state index contributed by atoms with van der Waals surface area (Å²) in [5.41, 5.74) is 0.884. The van der Waals surface area contributed by atoms with Crippen molar-refractivity contribution >= 4 is 28.5 Å². The molecule has 158 valence electrons. The molecule has 1 N–H and O–H groups in total. The van der Waals surface area contributed by atoms with Gasteiger partial charge in [-0.1, -0.05) is 12.8 Å². The fourth-order valence-electron chi connectivity index (χ4n) is 4.56. The third-order valence-corrected chi connectivity index (χ3v) is 7.80. The lowest BCUT2D eigenvalue weighted by Gasteiger charge is -2.39. The summed E-state index contributed by atoms with van der Waals surface area (Å²) in [4.78, 5) is 24.5. The van der Waals surface area contributed by atoms with Crippen LogP contribution in [0.3, 0.4) is 0 Å². The summed E-state index contributed by atoms with van der Waals surface area (Å²) < 4.78 is 23.6. The number of carbonyl (C=O) groups excluding carboxylic acids is 1. The molecule has 0 radical (unpaired) electrons. The van der Waals surface area contributed by atoms with Crippen molar-refractivity contribution in [1.82, 2.24) is 9.97 Å². The number of aromatic nitrogens is 2. The minimum atomic E-state index is -1.04. The molecular weight excluding hydrogens is 392 g/mol. The van der Waals surface area contributed by atoms with E-state index in [0.717, 1.165) is 62.3 Å². The van der Waals surface area contributed by atoms with E-state index in [1.807, 2.05) is 4.90 Å². The van der Waals surface area contributed by atoms with Gasteiger partial charge in [0, 0.05) is 31.4 Å². The van der Waals surface area contributed by atoms with Crippen LogP contribution in [-0.4, -0.2) is 64.3 Å². The highest BCUT2D eigenvalue weighted by molar-refractivity contribution is 7.85. The number of esters is 1. The molecule has 4 aliphatic rings. The first-order valence-corrected chi connectivity index (χ1v) is 12.1. The highest BCUT2D eigenvalue weighted by Crippen LogP contribution is 2.33. The van der Waals surface area contributed by atoms with Crippen molar-refractivity contribution in [3.8, 4) is 0 Å². The monoisotopic (exact) mass is 420 g/mol. The standard InChI is InChI=1S/C20H28N4O4S/c25-19(13-3-1-2-4-13)28-15-11-24(12-15)20-22-16-7-10-29(26)17(16)18(23-20)21-14-5-8-27-9-6-14/h13-15H,1-12H2,(H,21,22,23)/t29-/m1/s1. The first kappa shape index (κ1) is 19.2. The van der Waals surface area contributed by atoms with E-state index in [-0.39, 0.29) is 24.0 Å². The third-order valence-electron chi connectivity index (χ3n) is 6.34. The largest absolute Gasteiger partial charge is 0.458 e. The summed E-state index contributed by atoms with van der Waals surface area (Å²) in [7, 11) is -1.04. The number of nitrogens with one attached hydrogen (secondary N) is 1. The van der Waals surface area contributed by atoms with E-state index in [4.69, 9.17) is 14.5 Å². The first-order valence-electron chi connectivity index (χ1n) is 10.8. The van der Waals surface area contributed by atoms with Gasteiger partial charge in [-0.2, -0.15) is 4.98 Å². The molecule has 0 unspecified atom stereocenters. The van der Waals surface area contributed by atoms with Gasteiger partial charge in [-0.05, 0) is 25.7 Å². The SMILES string of the molecule is O=C(OC1CN(c2nc3c(c(NC4CCOCC4)n2)[S@](=O)CC3)C1)C1CCCC1. The quantitative estimate of drug-likeness (QED) is 0.719. The average molecular weight is 421 g/mol. The topological polar surface area (TPSA) is 93.7 Å². The Labute approximate surface area is 173 Å². The molecule has 0 amide bonds. The van der Waals surface area contributed by atoms with E-state index in [9.17, 15) is 9.00 Å². The predicted molar refractivity (Wildman–Crippen MR) is 109 cm³/mol. The van der Waals surface area contributed by atoms with E-state index in [1.165, 1.54) is 0 Å². The third kappa shape index (κ3) is 3.99. The molecule has 5 rings (SSSR count). The lowest BCUT2D eigenvalue weighted by Crippen LogP contribution is -2.54. The van der Waals surface area contributed by atoms with Crippen LogP contribution < -0.4 is 10.2 Å². The summed E-state index contributed by atoms with van der Waals surface area (Å²) in [6.45, 7) is 2.72. The van der Waals surface area contributed by atoms with Gasteiger partial charge in [0.2, 0.25) is 5.95 Å². The van der Waals surface area contributed by atoms with Gasteiger partial charge in [-0.3, -0.25) is 9.00 Å². The molecule has 29 heavy (non-hydrogen) atoms. The van der Waals surface area contributed by atoms with Gasteiger partial charge in [-0.25, -0.2) is 4.98 Å². The van der Waals surface area contributed by atoms with Crippen LogP contribution in [0.5, 0.6) is 0 Å². The molecule has 2 saturated heterocycles. The first-order chi connectivity index (χ1) is 14.2. The van der Waals surface area contributed by atoms with Crippen molar-refractivity contribution in [2.45, 2.75) is 62.0 Å². The maximum absolute atomic E-state index is 12.5. The van der Waals surface area contributed by atoms with Crippen LogP contribution in [0.2, 0.25) is 0 Å². The summed E-state index contributed by atoms with van der Waals surface area (Å²) in [6.07, 6.45) is 6.65. The van der Waals surface area contributed by atoms with Crippen molar-refractivity contribution in [3.63, 3.8) is 0 Å². The lowest BCUT2D eigenvalue weighted by atomic mass is 10.1. The minimum Gasteiger partial charge on any atom is -0.458 e. The van der Waals surface area contributed by atoms with Gasteiger partial charge in [0.1, 0.15) is 16.8 Å². The molecule has 8 nitrogen and oxygen atoms in total. The normalized spacial score (nSPS) is 25.7. The van der Waals surface area contributed by atoms with E-state index < -0.39 is 10.8 Å². The molecule has 1 atom stereocenters. The average Bonchev–Trinajstić information content (AvgIpc) is 3.35. The molecule has 3 aliphatic heterocycles. The highest BCUT2D eigenvalue weighted by atomic mass is 32.2. The Morgan fingerprint density at radius 3 is 2.66 bits per heavy atom. The molecule has 9 heteroatoms. The van der Waals surface area contributed by atoms with E-state index >= 15 is 0 Å². The summed E-state index contributed by atoms with van der Waals surface area (Å²) in [5, 5.41) is 3.50. The van der Waals surface area contributed by atoms with Crippen molar-refractivity contribution in [2.24, 2.45) is 5.92 Å². The number of fused-ring (bicyclic) bond motifs is 1. The predicted octanol–water partition coefficient (Wildman–Crippen LogP) is 1.65. The Morgan fingerprint density at radius 2 is 1.90 bits per heavy atom. The molecule has 3 fully saturated rings. The number of nitrogens with zero attached hydrogens (tertiary/aromatic N) is 3. The fraction of sp³-hybridized carbons (Fsp3) is 0.750. The molecule has 0 bridgehead atoms. The van der Waals surface area contributed by atoms with Crippen molar-refractivity contribution in [1.29, 1.82) is 0 Å². The Balaban J connectivity index is 1.26. The van der Waals surface area contributed by atoms with Crippen LogP contribution in [0.15, 0.2) is 4.90 Å². The zero-order valence-corrected chi connectivity index (χ0v) is 17.4. The molecule has 0 aromatic carbocycles. The maximum atomic E-state index is 12.5. The van der Waals surface area contributed by atoms with Crippen LogP contribution in [0, 0.1) is 5.92 Å². The van der Waals surface area contributed by atoms with Crippen LogP contribution in [0.25, 0.3) is 0 Å². The summed E-state index contributed by atoms with van der Waals surface area (Å²) >= 11 is 0. The number of aryl methyl sites for hydroxylation is 1. The molecular formula is C20H28N4O4S. The Kier molecular flexibility index (Phi) is 5.43. The van der Waals surface area contributed by atoms with E-state index in [1.54, 1.807) is 0 Å². The van der Waals surface area contributed by atoms with Crippen LogP contribution >= 0.6 is 0 Å². The molecule has 1 aliphatic carbocycles. The van der Waals surface area contributed by atoms with Crippen LogP contribution in [-0.2, 0) is 31.5 Å². The summed E-state index contributed by atoms with van der Waals surface area (Å²) in [5.74, 6) is 2.01. The summed E-state index contributed by atoms with van der Waals surface area (Å²) in [6, 6.07) is 0.282. The Bertz CT molecular complexity index is 802. The molecule has 4 heterocycles. The van der Waals surface area contributed by atoms with Gasteiger partial charge in [0.15, 0.2) is 0 Å². The van der Waals surface area contributed by atoms with Crippen LogP contribution in [0.1, 0.15) is 44.2 Å². The van der Waals surface area contributed by atoms with Crippen LogP contribution in [0.4, 0.5) is 11.8 Å². The highest BCUT2D eigenvalue weighted by Gasteiger charge is 2.36. The molecule has 1 aromatic heterocycles. The van der Waals surface area contributed by atoms with Crippen molar-refractivity contribution in [3.05, 3.63) is 5.69 Å². The number of anilines is 2. The zero-order chi connectivity index (χ0) is 19.8. The van der Waals surface area contributed by atoms with E-state index in [2.05, 4.69) is 10.3 Å². The second kappa shape index (κ2) is 8.18. The maximum Gasteiger partial charge on any atom is 0.309 e. The molecule has 1 saturated carbocycles.